The number of rotatable bonds is 6. The van der Waals surface area contributed by atoms with Crippen LogP contribution in [0.2, 0.25) is 0 Å². The summed E-state index contributed by atoms with van der Waals surface area (Å²) in [7, 11) is -1.93. The molecule has 1 atom stereocenters. The molecule has 9 heteroatoms. The minimum Gasteiger partial charge on any atom is -0.494 e. The monoisotopic (exact) mass is 363 g/mol. The first-order valence-corrected chi connectivity index (χ1v) is 8.80. The van der Waals surface area contributed by atoms with Gasteiger partial charge in [0.15, 0.2) is 0 Å². The zero-order valence-corrected chi connectivity index (χ0v) is 14.7. The Morgan fingerprint density at radius 1 is 1.43 bits per heavy atom. The van der Waals surface area contributed by atoms with Gasteiger partial charge in [0.05, 0.1) is 24.5 Å². The molecule has 23 heavy (non-hydrogen) atoms. The largest absolute Gasteiger partial charge is 0.494 e. The SMILES string of the molecule is CCS(=O)(=O)Nc1ccc(NC(=O)C2CCNC2)cc1OC.Cl. The molecule has 130 valence electrons. The van der Waals surface area contributed by atoms with Crippen LogP contribution in [-0.4, -0.2) is 40.3 Å². The van der Waals surface area contributed by atoms with Crippen LogP contribution in [0.4, 0.5) is 11.4 Å². The molecule has 1 fully saturated rings. The highest BCUT2D eigenvalue weighted by Crippen LogP contribution is 2.29. The molecular formula is C14H22ClN3O4S. The third-order valence-corrected chi connectivity index (χ3v) is 4.84. The second-order valence-corrected chi connectivity index (χ2v) is 7.11. The topological polar surface area (TPSA) is 96.5 Å². The van der Waals surface area contributed by atoms with Gasteiger partial charge in [-0.05, 0) is 32.0 Å². The molecule has 1 heterocycles. The number of carbonyl (C=O) groups is 1. The van der Waals surface area contributed by atoms with Gasteiger partial charge in [-0.15, -0.1) is 12.4 Å². The third kappa shape index (κ3) is 5.26. The standard InChI is InChI=1S/C14H21N3O4S.ClH/c1-3-22(19,20)17-12-5-4-11(8-13(12)21-2)16-14(18)10-6-7-15-9-10;/h4-5,8,10,15,17H,3,6-7,9H2,1-2H3,(H,16,18);1H. The molecule has 1 unspecified atom stereocenters. The van der Waals surface area contributed by atoms with Crippen LogP contribution in [0.3, 0.4) is 0 Å². The molecule has 3 N–H and O–H groups in total. The van der Waals surface area contributed by atoms with Crippen LogP contribution in [0, 0.1) is 5.92 Å². The van der Waals surface area contributed by atoms with Gasteiger partial charge in [-0.1, -0.05) is 0 Å². The minimum atomic E-state index is -3.38. The second kappa shape index (κ2) is 8.37. The normalized spacial score (nSPS) is 17.2. The van der Waals surface area contributed by atoms with Gasteiger partial charge in [0, 0.05) is 18.3 Å². The van der Waals surface area contributed by atoms with Crippen LogP contribution in [0.1, 0.15) is 13.3 Å². The lowest BCUT2D eigenvalue weighted by atomic mass is 10.1. The van der Waals surface area contributed by atoms with Crippen LogP contribution in [0.15, 0.2) is 18.2 Å². The van der Waals surface area contributed by atoms with E-state index in [1.54, 1.807) is 25.1 Å². The number of amides is 1. The average molecular weight is 364 g/mol. The van der Waals surface area contributed by atoms with Crippen molar-refractivity contribution in [2.75, 3.05) is 36.0 Å². The van der Waals surface area contributed by atoms with Crippen molar-refractivity contribution in [3.63, 3.8) is 0 Å². The summed E-state index contributed by atoms with van der Waals surface area (Å²) in [5.41, 5.74) is 0.929. The molecule has 1 aromatic rings. The highest BCUT2D eigenvalue weighted by atomic mass is 35.5. The summed E-state index contributed by atoms with van der Waals surface area (Å²) >= 11 is 0. The van der Waals surface area contributed by atoms with E-state index in [0.29, 0.717) is 23.7 Å². The molecule has 0 aliphatic carbocycles. The Morgan fingerprint density at radius 2 is 2.17 bits per heavy atom. The van der Waals surface area contributed by atoms with Crippen molar-refractivity contribution < 1.29 is 17.9 Å². The van der Waals surface area contributed by atoms with Gasteiger partial charge >= 0.3 is 0 Å². The maximum Gasteiger partial charge on any atom is 0.232 e. The molecule has 0 aromatic heterocycles. The molecule has 1 aliphatic heterocycles. The number of hydrogen-bond acceptors (Lipinski definition) is 5. The Hall–Kier alpha value is -1.51. The zero-order chi connectivity index (χ0) is 16.2. The molecule has 1 saturated heterocycles. The van der Waals surface area contributed by atoms with Crippen LogP contribution in [0.25, 0.3) is 0 Å². The number of ether oxygens (including phenoxy) is 1. The van der Waals surface area contributed by atoms with E-state index >= 15 is 0 Å². The smallest absolute Gasteiger partial charge is 0.232 e. The van der Waals surface area contributed by atoms with Crippen LogP contribution >= 0.6 is 12.4 Å². The number of hydrogen-bond donors (Lipinski definition) is 3. The number of anilines is 2. The molecular weight excluding hydrogens is 342 g/mol. The molecule has 1 amide bonds. The Balaban J connectivity index is 0.00000264. The summed E-state index contributed by atoms with van der Waals surface area (Å²) in [5.74, 6) is 0.251. The maximum absolute atomic E-state index is 12.1. The van der Waals surface area contributed by atoms with Crippen molar-refractivity contribution >= 4 is 39.7 Å². The summed E-state index contributed by atoms with van der Waals surface area (Å²) in [4.78, 5) is 12.1. The number of carbonyl (C=O) groups excluding carboxylic acids is 1. The first-order chi connectivity index (χ1) is 10.4. The van der Waals surface area contributed by atoms with E-state index in [0.717, 1.165) is 13.0 Å². The summed E-state index contributed by atoms with van der Waals surface area (Å²) < 4.78 is 30.9. The predicted octanol–water partition coefficient (Wildman–Crippen LogP) is 1.43. The van der Waals surface area contributed by atoms with Crippen LogP contribution in [-0.2, 0) is 14.8 Å². The lowest BCUT2D eigenvalue weighted by molar-refractivity contribution is -0.119. The van der Waals surface area contributed by atoms with E-state index in [-0.39, 0.29) is 30.0 Å². The molecule has 0 bridgehead atoms. The Bertz CT molecular complexity index is 645. The first kappa shape index (κ1) is 19.5. The highest BCUT2D eigenvalue weighted by molar-refractivity contribution is 7.92. The molecule has 1 aromatic carbocycles. The summed E-state index contributed by atoms with van der Waals surface area (Å²) in [6.45, 7) is 3.08. The van der Waals surface area contributed by atoms with Gasteiger partial charge in [-0.2, -0.15) is 0 Å². The van der Waals surface area contributed by atoms with Crippen molar-refractivity contribution in [3.8, 4) is 5.75 Å². The van der Waals surface area contributed by atoms with Crippen molar-refractivity contribution in [1.82, 2.24) is 5.32 Å². The molecule has 2 rings (SSSR count). The summed E-state index contributed by atoms with van der Waals surface area (Å²) in [6, 6.07) is 4.83. The van der Waals surface area contributed by atoms with Crippen LogP contribution < -0.4 is 20.1 Å². The van der Waals surface area contributed by atoms with E-state index < -0.39 is 10.0 Å². The fourth-order valence-corrected chi connectivity index (χ4v) is 2.86. The van der Waals surface area contributed by atoms with Gasteiger partial charge in [-0.3, -0.25) is 9.52 Å². The first-order valence-electron chi connectivity index (χ1n) is 7.15. The molecule has 0 radical (unpaired) electrons. The summed E-state index contributed by atoms with van der Waals surface area (Å²) in [6.07, 6.45) is 0.817. The Kier molecular flexibility index (Phi) is 7.11. The minimum absolute atomic E-state index is 0. The fraction of sp³-hybridized carbons (Fsp3) is 0.500. The number of nitrogens with one attached hydrogen (secondary N) is 3. The van der Waals surface area contributed by atoms with Gasteiger partial charge in [0.25, 0.3) is 0 Å². The van der Waals surface area contributed by atoms with E-state index in [9.17, 15) is 13.2 Å². The number of sulfonamides is 1. The van der Waals surface area contributed by atoms with Crippen molar-refractivity contribution in [2.45, 2.75) is 13.3 Å². The lowest BCUT2D eigenvalue weighted by Crippen LogP contribution is -2.24. The van der Waals surface area contributed by atoms with Gasteiger partial charge in [0.2, 0.25) is 15.9 Å². The number of methoxy groups -OCH3 is 1. The van der Waals surface area contributed by atoms with Gasteiger partial charge in [0.1, 0.15) is 5.75 Å². The Labute approximate surface area is 142 Å². The molecule has 0 spiro atoms. The third-order valence-electron chi connectivity index (χ3n) is 3.55. The van der Waals surface area contributed by atoms with E-state index in [2.05, 4.69) is 15.4 Å². The predicted molar refractivity (Wildman–Crippen MR) is 92.9 cm³/mol. The van der Waals surface area contributed by atoms with E-state index in [4.69, 9.17) is 4.74 Å². The highest BCUT2D eigenvalue weighted by Gasteiger charge is 2.22. The molecule has 1 aliphatic rings. The van der Waals surface area contributed by atoms with Gasteiger partial charge in [-0.25, -0.2) is 8.42 Å². The lowest BCUT2D eigenvalue weighted by Gasteiger charge is -2.14. The van der Waals surface area contributed by atoms with Crippen molar-refractivity contribution in [1.29, 1.82) is 0 Å². The Morgan fingerprint density at radius 3 is 2.74 bits per heavy atom. The second-order valence-electron chi connectivity index (χ2n) is 5.10. The zero-order valence-electron chi connectivity index (χ0n) is 13.1. The van der Waals surface area contributed by atoms with E-state index in [1.807, 2.05) is 0 Å². The molecule has 0 saturated carbocycles. The fourth-order valence-electron chi connectivity index (χ4n) is 2.22. The average Bonchev–Trinajstić information content (AvgIpc) is 3.03. The van der Waals surface area contributed by atoms with Crippen LogP contribution in [0.5, 0.6) is 5.75 Å². The quantitative estimate of drug-likeness (QED) is 0.710. The number of halogens is 1. The van der Waals surface area contributed by atoms with Gasteiger partial charge < -0.3 is 15.4 Å². The van der Waals surface area contributed by atoms with E-state index in [1.165, 1.54) is 7.11 Å². The maximum atomic E-state index is 12.1. The van der Waals surface area contributed by atoms with Crippen molar-refractivity contribution in [3.05, 3.63) is 18.2 Å². The summed E-state index contributed by atoms with van der Waals surface area (Å²) in [5, 5.41) is 5.97. The molecule has 7 nitrogen and oxygen atoms in total. The number of benzene rings is 1. The van der Waals surface area contributed by atoms with Crippen molar-refractivity contribution in [2.24, 2.45) is 5.92 Å².